The number of thioether (sulfide) groups is 1. The Morgan fingerprint density at radius 3 is 3.14 bits per heavy atom. The summed E-state index contributed by atoms with van der Waals surface area (Å²) in [5.41, 5.74) is 3.32. The summed E-state index contributed by atoms with van der Waals surface area (Å²) in [4.78, 5) is 16.2. The van der Waals surface area contributed by atoms with E-state index in [1.54, 1.807) is 5.51 Å². The van der Waals surface area contributed by atoms with Crippen LogP contribution in [-0.2, 0) is 11.3 Å². The zero-order valence-corrected chi connectivity index (χ0v) is 13.9. The van der Waals surface area contributed by atoms with Crippen molar-refractivity contribution in [2.45, 2.75) is 10.9 Å². The molecule has 1 N–H and O–H groups in total. The van der Waals surface area contributed by atoms with Gasteiger partial charge in [-0.05, 0) is 28.1 Å². The number of carbonyl (C=O) groups excluding carboxylic acids is 1. The third kappa shape index (κ3) is 3.80. The fourth-order valence-electron chi connectivity index (χ4n) is 1.70. The minimum atomic E-state index is -0.0477. The molecule has 21 heavy (non-hydrogen) atoms. The molecule has 0 saturated heterocycles. The number of hydrogen-bond acceptors (Lipinski definition) is 6. The fraction of sp³-hybridized carbons (Fsp3) is 0.167. The molecule has 3 aromatic rings. The van der Waals surface area contributed by atoms with Crippen LogP contribution in [0.2, 0.25) is 0 Å². The zero-order chi connectivity index (χ0) is 14.7. The molecule has 0 aliphatic rings. The van der Waals surface area contributed by atoms with E-state index >= 15 is 0 Å². The van der Waals surface area contributed by atoms with Crippen LogP contribution >= 0.6 is 39.0 Å². The van der Waals surface area contributed by atoms with Crippen LogP contribution in [0.5, 0.6) is 0 Å². The number of fused-ring (bicyclic) bond motifs is 1. The molecule has 0 aliphatic carbocycles. The lowest BCUT2D eigenvalue weighted by Gasteiger charge is -2.01. The van der Waals surface area contributed by atoms with Crippen molar-refractivity contribution in [1.29, 1.82) is 0 Å². The van der Waals surface area contributed by atoms with Crippen molar-refractivity contribution in [3.8, 4) is 0 Å². The lowest BCUT2D eigenvalue weighted by atomic mass is 10.4. The monoisotopic (exact) mass is 383 g/mol. The van der Waals surface area contributed by atoms with E-state index in [2.05, 4.69) is 36.4 Å². The molecule has 0 radical (unpaired) electrons. The lowest BCUT2D eigenvalue weighted by Crippen LogP contribution is -2.24. The first kappa shape index (κ1) is 14.5. The largest absolute Gasteiger partial charge is 0.350 e. The number of rotatable bonds is 5. The number of hydrogen-bond donors (Lipinski definition) is 1. The molecule has 108 valence electrons. The van der Waals surface area contributed by atoms with Crippen LogP contribution in [0.1, 0.15) is 5.69 Å². The van der Waals surface area contributed by atoms with E-state index in [0.29, 0.717) is 12.3 Å². The second-order valence-corrected chi connectivity index (χ2v) is 7.09. The van der Waals surface area contributed by atoms with E-state index in [0.717, 1.165) is 20.2 Å². The number of halogens is 1. The molecule has 3 rings (SSSR count). The van der Waals surface area contributed by atoms with Gasteiger partial charge >= 0.3 is 0 Å². The van der Waals surface area contributed by atoms with E-state index < -0.39 is 0 Å². The van der Waals surface area contributed by atoms with Crippen molar-refractivity contribution >= 4 is 50.6 Å². The molecule has 6 nitrogen and oxygen atoms in total. The maximum atomic E-state index is 11.8. The number of amides is 1. The summed E-state index contributed by atoms with van der Waals surface area (Å²) < 4.78 is 3.70. The Morgan fingerprint density at radius 2 is 2.33 bits per heavy atom. The predicted molar refractivity (Wildman–Crippen MR) is 85.4 cm³/mol. The maximum Gasteiger partial charge on any atom is 0.230 e. The molecule has 0 atom stereocenters. The van der Waals surface area contributed by atoms with Crippen LogP contribution in [-0.4, -0.2) is 31.2 Å². The van der Waals surface area contributed by atoms with Gasteiger partial charge in [0.15, 0.2) is 4.34 Å². The maximum absolute atomic E-state index is 11.8. The molecule has 0 spiro atoms. The van der Waals surface area contributed by atoms with Crippen LogP contribution in [0, 0.1) is 0 Å². The van der Waals surface area contributed by atoms with E-state index in [1.165, 1.54) is 23.1 Å². The first-order valence-electron chi connectivity index (χ1n) is 5.99. The fourth-order valence-corrected chi connectivity index (χ4v) is 3.37. The van der Waals surface area contributed by atoms with Gasteiger partial charge < -0.3 is 9.72 Å². The van der Waals surface area contributed by atoms with Gasteiger partial charge in [0.25, 0.3) is 0 Å². The van der Waals surface area contributed by atoms with Crippen LogP contribution in [0.3, 0.4) is 0 Å². The molecule has 0 aromatic carbocycles. The highest BCUT2D eigenvalue weighted by Crippen LogP contribution is 2.18. The molecule has 0 aliphatic heterocycles. The summed E-state index contributed by atoms with van der Waals surface area (Å²) >= 11 is 6.21. The highest BCUT2D eigenvalue weighted by atomic mass is 79.9. The van der Waals surface area contributed by atoms with Crippen LogP contribution in [0.25, 0.3) is 5.65 Å². The van der Waals surface area contributed by atoms with Crippen molar-refractivity contribution in [2.75, 3.05) is 5.75 Å². The Labute approximate surface area is 137 Å². The highest BCUT2D eigenvalue weighted by Gasteiger charge is 2.07. The molecule has 0 unspecified atom stereocenters. The summed E-state index contributed by atoms with van der Waals surface area (Å²) in [6.07, 6.45) is 3.83. The van der Waals surface area contributed by atoms with Gasteiger partial charge in [-0.2, -0.15) is 0 Å². The number of nitrogens with zero attached hydrogens (tertiary/aromatic N) is 4. The predicted octanol–water partition coefficient (Wildman–Crippen LogP) is 2.36. The summed E-state index contributed by atoms with van der Waals surface area (Å²) in [5, 5.41) is 10.4. The van der Waals surface area contributed by atoms with Crippen LogP contribution in [0.15, 0.2) is 38.8 Å². The number of carbonyl (C=O) groups is 1. The summed E-state index contributed by atoms with van der Waals surface area (Å²) in [6, 6.07) is 3.85. The minimum Gasteiger partial charge on any atom is -0.350 e. The average Bonchev–Trinajstić information content (AvgIpc) is 3.11. The van der Waals surface area contributed by atoms with Crippen LogP contribution < -0.4 is 5.32 Å². The minimum absolute atomic E-state index is 0.0477. The van der Waals surface area contributed by atoms with Crippen molar-refractivity contribution in [1.82, 2.24) is 24.9 Å². The van der Waals surface area contributed by atoms with E-state index in [1.807, 2.05) is 28.9 Å². The van der Waals surface area contributed by atoms with Crippen molar-refractivity contribution in [3.05, 3.63) is 40.2 Å². The van der Waals surface area contributed by atoms with Gasteiger partial charge in [-0.15, -0.1) is 10.2 Å². The Hall–Kier alpha value is -1.45. The molecule has 9 heteroatoms. The first-order valence-corrected chi connectivity index (χ1v) is 8.65. The molecular formula is C12H10BrN5OS2. The van der Waals surface area contributed by atoms with E-state index in [-0.39, 0.29) is 5.91 Å². The number of aromatic nitrogens is 4. The molecule has 1 amide bonds. The SMILES string of the molecule is O=C(CSc1nncs1)NCc1cn2cc(Br)ccc2n1. The van der Waals surface area contributed by atoms with Gasteiger partial charge in [0, 0.05) is 16.9 Å². The zero-order valence-electron chi connectivity index (χ0n) is 10.7. The summed E-state index contributed by atoms with van der Waals surface area (Å²) in [6.45, 7) is 0.412. The third-order valence-corrected chi connectivity index (χ3v) is 4.93. The lowest BCUT2D eigenvalue weighted by molar-refractivity contribution is -0.118. The van der Waals surface area contributed by atoms with Gasteiger partial charge in [0.1, 0.15) is 11.2 Å². The molecule has 0 bridgehead atoms. The molecule has 0 saturated carbocycles. The Kier molecular flexibility index (Phi) is 4.51. The Bertz CT molecular complexity index is 758. The number of pyridine rings is 1. The first-order chi connectivity index (χ1) is 10.2. The van der Waals surface area contributed by atoms with E-state index in [4.69, 9.17) is 0 Å². The summed E-state index contributed by atoms with van der Waals surface area (Å²) in [7, 11) is 0. The summed E-state index contributed by atoms with van der Waals surface area (Å²) in [5.74, 6) is 0.280. The van der Waals surface area contributed by atoms with Gasteiger partial charge in [-0.1, -0.05) is 23.1 Å². The average molecular weight is 384 g/mol. The number of nitrogens with one attached hydrogen (secondary N) is 1. The normalized spacial score (nSPS) is 10.9. The standard InChI is InChI=1S/C12H10BrN5OS2/c13-8-1-2-10-16-9(5-18(10)4-8)3-14-11(19)6-20-12-17-15-7-21-12/h1-2,4-5,7H,3,6H2,(H,14,19). The van der Waals surface area contributed by atoms with Crippen molar-refractivity contribution < 1.29 is 4.79 Å². The molecule has 3 aromatic heterocycles. The van der Waals surface area contributed by atoms with Gasteiger partial charge in [-0.3, -0.25) is 4.79 Å². The molecule has 3 heterocycles. The van der Waals surface area contributed by atoms with Crippen molar-refractivity contribution in [2.24, 2.45) is 0 Å². The topological polar surface area (TPSA) is 72.2 Å². The smallest absolute Gasteiger partial charge is 0.230 e. The Morgan fingerprint density at radius 1 is 1.43 bits per heavy atom. The Balaban J connectivity index is 1.54. The van der Waals surface area contributed by atoms with Crippen LogP contribution in [0.4, 0.5) is 0 Å². The molecule has 0 fully saturated rings. The van der Waals surface area contributed by atoms with E-state index in [9.17, 15) is 4.79 Å². The third-order valence-electron chi connectivity index (χ3n) is 2.60. The quantitative estimate of drug-likeness (QED) is 0.684. The second-order valence-electron chi connectivity index (χ2n) is 4.12. The van der Waals surface area contributed by atoms with Gasteiger partial charge in [-0.25, -0.2) is 4.98 Å². The van der Waals surface area contributed by atoms with Gasteiger partial charge in [0.05, 0.1) is 18.0 Å². The highest BCUT2D eigenvalue weighted by molar-refractivity contribution is 9.10. The second kappa shape index (κ2) is 6.54. The molecular weight excluding hydrogens is 374 g/mol. The van der Waals surface area contributed by atoms with Gasteiger partial charge in [0.2, 0.25) is 5.91 Å². The van der Waals surface area contributed by atoms with Crippen molar-refractivity contribution in [3.63, 3.8) is 0 Å². The number of imidazole rings is 1.